The highest BCUT2D eigenvalue weighted by molar-refractivity contribution is 5.27. The molecule has 2 atom stereocenters. The summed E-state index contributed by atoms with van der Waals surface area (Å²) in [6.07, 6.45) is 4.52. The maximum atomic E-state index is 5.85. The largest absolute Gasteiger partial charge is 0.376 e. The van der Waals surface area contributed by atoms with E-state index >= 15 is 0 Å². The summed E-state index contributed by atoms with van der Waals surface area (Å²) in [4.78, 5) is 0. The molecule has 0 aromatic heterocycles. The molecule has 19 heavy (non-hydrogen) atoms. The zero-order chi connectivity index (χ0) is 14.1. The maximum Gasteiger partial charge on any atom is 0.0782 e. The van der Waals surface area contributed by atoms with E-state index in [1.54, 1.807) is 0 Å². The van der Waals surface area contributed by atoms with Crippen molar-refractivity contribution in [1.29, 1.82) is 0 Å². The van der Waals surface area contributed by atoms with Gasteiger partial charge in [0.2, 0.25) is 0 Å². The van der Waals surface area contributed by atoms with Crippen molar-refractivity contribution in [2.45, 2.75) is 58.6 Å². The lowest BCUT2D eigenvalue weighted by Crippen LogP contribution is -2.38. The van der Waals surface area contributed by atoms with Crippen LogP contribution < -0.4 is 11.3 Å². The van der Waals surface area contributed by atoms with Crippen LogP contribution in [0.15, 0.2) is 24.3 Å². The molecule has 0 amide bonds. The highest BCUT2D eigenvalue weighted by Gasteiger charge is 2.21. The number of aryl methyl sites for hydroxylation is 1. The molecule has 1 aromatic carbocycles. The second-order valence-electron chi connectivity index (χ2n) is 4.92. The van der Waals surface area contributed by atoms with Crippen LogP contribution in [0.3, 0.4) is 0 Å². The Morgan fingerprint density at radius 3 is 2.58 bits per heavy atom. The number of rotatable bonds is 9. The summed E-state index contributed by atoms with van der Waals surface area (Å²) in [5, 5.41) is 0. The van der Waals surface area contributed by atoms with Gasteiger partial charge in [0.15, 0.2) is 0 Å². The Hall–Kier alpha value is -0.900. The SMILES string of the molecule is CCCc1cccc(C(NN)C(CCC)OCC)c1. The van der Waals surface area contributed by atoms with Gasteiger partial charge in [-0.05, 0) is 30.9 Å². The quantitative estimate of drug-likeness (QED) is 0.531. The fourth-order valence-corrected chi connectivity index (χ4v) is 2.49. The van der Waals surface area contributed by atoms with Gasteiger partial charge in [0.25, 0.3) is 0 Å². The van der Waals surface area contributed by atoms with Crippen LogP contribution in [0, 0.1) is 0 Å². The van der Waals surface area contributed by atoms with Gasteiger partial charge in [-0.2, -0.15) is 0 Å². The minimum atomic E-state index is 0.0664. The third-order valence-corrected chi connectivity index (χ3v) is 3.35. The van der Waals surface area contributed by atoms with Crippen molar-refractivity contribution in [2.75, 3.05) is 6.61 Å². The standard InChI is InChI=1S/C16H28N2O/c1-4-8-13-10-7-11-14(12-13)16(18-17)15(9-5-2)19-6-3/h7,10-12,15-16,18H,4-6,8-9,17H2,1-3H3. The second-order valence-corrected chi connectivity index (χ2v) is 4.92. The first-order valence-corrected chi connectivity index (χ1v) is 7.43. The summed E-state index contributed by atoms with van der Waals surface area (Å²) in [5.74, 6) is 5.76. The number of benzene rings is 1. The van der Waals surface area contributed by atoms with E-state index < -0.39 is 0 Å². The Morgan fingerprint density at radius 1 is 1.21 bits per heavy atom. The lowest BCUT2D eigenvalue weighted by molar-refractivity contribution is 0.0276. The highest BCUT2D eigenvalue weighted by Crippen LogP contribution is 2.23. The molecule has 3 heteroatoms. The molecule has 0 heterocycles. The molecule has 3 N–H and O–H groups in total. The molecule has 0 aliphatic heterocycles. The number of ether oxygens (including phenoxy) is 1. The van der Waals surface area contributed by atoms with Crippen LogP contribution in [0.2, 0.25) is 0 Å². The summed E-state index contributed by atoms with van der Waals surface area (Å²) in [6, 6.07) is 8.73. The zero-order valence-corrected chi connectivity index (χ0v) is 12.5. The Balaban J connectivity index is 2.89. The Morgan fingerprint density at radius 2 is 2.00 bits per heavy atom. The summed E-state index contributed by atoms with van der Waals surface area (Å²) < 4.78 is 5.85. The summed E-state index contributed by atoms with van der Waals surface area (Å²) in [5.41, 5.74) is 5.52. The molecule has 0 saturated carbocycles. The minimum absolute atomic E-state index is 0.0664. The Labute approximate surface area is 117 Å². The second kappa shape index (κ2) is 9.08. The van der Waals surface area contributed by atoms with Gasteiger partial charge in [-0.25, -0.2) is 0 Å². The van der Waals surface area contributed by atoms with Gasteiger partial charge in [0.05, 0.1) is 12.1 Å². The molecule has 0 aliphatic carbocycles. The van der Waals surface area contributed by atoms with Crippen molar-refractivity contribution >= 4 is 0 Å². The summed E-state index contributed by atoms with van der Waals surface area (Å²) in [7, 11) is 0. The number of hydrazine groups is 1. The smallest absolute Gasteiger partial charge is 0.0782 e. The van der Waals surface area contributed by atoms with Crippen LogP contribution in [-0.2, 0) is 11.2 Å². The number of nitrogens with one attached hydrogen (secondary N) is 1. The van der Waals surface area contributed by atoms with E-state index in [1.165, 1.54) is 11.1 Å². The van der Waals surface area contributed by atoms with Crippen molar-refractivity contribution in [3.05, 3.63) is 35.4 Å². The van der Waals surface area contributed by atoms with Crippen LogP contribution in [0.4, 0.5) is 0 Å². The van der Waals surface area contributed by atoms with Gasteiger partial charge >= 0.3 is 0 Å². The number of hydrogen-bond acceptors (Lipinski definition) is 3. The van der Waals surface area contributed by atoms with Crippen molar-refractivity contribution in [3.8, 4) is 0 Å². The molecule has 108 valence electrons. The van der Waals surface area contributed by atoms with E-state index in [9.17, 15) is 0 Å². The van der Waals surface area contributed by atoms with Crippen molar-refractivity contribution in [1.82, 2.24) is 5.43 Å². The van der Waals surface area contributed by atoms with E-state index in [-0.39, 0.29) is 12.1 Å². The first-order valence-electron chi connectivity index (χ1n) is 7.43. The molecule has 0 spiro atoms. The van der Waals surface area contributed by atoms with Crippen LogP contribution in [0.5, 0.6) is 0 Å². The average Bonchev–Trinajstić information content (AvgIpc) is 2.41. The van der Waals surface area contributed by atoms with Gasteiger partial charge in [-0.1, -0.05) is 51.0 Å². The van der Waals surface area contributed by atoms with E-state index in [2.05, 4.69) is 43.5 Å². The molecule has 3 nitrogen and oxygen atoms in total. The lowest BCUT2D eigenvalue weighted by Gasteiger charge is -2.27. The van der Waals surface area contributed by atoms with E-state index in [0.29, 0.717) is 0 Å². The first-order chi connectivity index (χ1) is 9.26. The summed E-state index contributed by atoms with van der Waals surface area (Å²) in [6.45, 7) is 7.12. The third-order valence-electron chi connectivity index (χ3n) is 3.35. The van der Waals surface area contributed by atoms with Crippen molar-refractivity contribution < 1.29 is 4.74 Å². The van der Waals surface area contributed by atoms with Crippen LogP contribution >= 0.6 is 0 Å². The Bertz CT molecular complexity index is 348. The predicted octanol–water partition coefficient (Wildman–Crippen LogP) is 3.35. The first kappa shape index (κ1) is 16.2. The van der Waals surface area contributed by atoms with Crippen LogP contribution in [-0.4, -0.2) is 12.7 Å². The molecule has 0 aliphatic rings. The van der Waals surface area contributed by atoms with E-state index in [1.807, 2.05) is 6.92 Å². The monoisotopic (exact) mass is 264 g/mol. The average molecular weight is 264 g/mol. The van der Waals surface area contributed by atoms with Gasteiger partial charge in [-0.15, -0.1) is 0 Å². The topological polar surface area (TPSA) is 47.3 Å². The number of hydrogen-bond donors (Lipinski definition) is 2. The number of nitrogens with two attached hydrogens (primary N) is 1. The van der Waals surface area contributed by atoms with E-state index in [0.717, 1.165) is 32.3 Å². The zero-order valence-electron chi connectivity index (χ0n) is 12.5. The molecule has 1 aromatic rings. The molecule has 1 rings (SSSR count). The van der Waals surface area contributed by atoms with Gasteiger partial charge < -0.3 is 4.74 Å². The van der Waals surface area contributed by atoms with Gasteiger partial charge in [0, 0.05) is 6.61 Å². The summed E-state index contributed by atoms with van der Waals surface area (Å²) >= 11 is 0. The molecular formula is C16H28N2O. The van der Waals surface area contributed by atoms with Crippen LogP contribution in [0.25, 0.3) is 0 Å². The van der Waals surface area contributed by atoms with Crippen molar-refractivity contribution in [2.24, 2.45) is 5.84 Å². The van der Waals surface area contributed by atoms with Crippen molar-refractivity contribution in [3.63, 3.8) is 0 Å². The molecule has 0 saturated heterocycles. The molecular weight excluding hydrogens is 236 g/mol. The predicted molar refractivity (Wildman–Crippen MR) is 80.8 cm³/mol. The highest BCUT2D eigenvalue weighted by atomic mass is 16.5. The molecule has 0 bridgehead atoms. The lowest BCUT2D eigenvalue weighted by atomic mass is 9.96. The fourth-order valence-electron chi connectivity index (χ4n) is 2.49. The maximum absolute atomic E-state index is 5.85. The Kier molecular flexibility index (Phi) is 7.72. The normalized spacial score (nSPS) is 14.3. The van der Waals surface area contributed by atoms with E-state index in [4.69, 9.17) is 10.6 Å². The molecule has 0 fully saturated rings. The van der Waals surface area contributed by atoms with Gasteiger partial charge in [-0.3, -0.25) is 11.3 Å². The fraction of sp³-hybridized carbons (Fsp3) is 0.625. The minimum Gasteiger partial charge on any atom is -0.376 e. The van der Waals surface area contributed by atoms with Crippen LogP contribution in [0.1, 0.15) is 57.2 Å². The van der Waals surface area contributed by atoms with Gasteiger partial charge in [0.1, 0.15) is 0 Å². The third kappa shape index (κ3) is 4.94. The molecule has 2 unspecified atom stereocenters. The molecule has 0 radical (unpaired) electrons.